The normalized spacial score (nSPS) is 19.7. The summed E-state index contributed by atoms with van der Waals surface area (Å²) in [4.78, 5) is 22.9. The first-order valence-electron chi connectivity index (χ1n) is 8.49. The maximum atomic E-state index is 12.1. The first kappa shape index (κ1) is 19.4. The van der Waals surface area contributed by atoms with Gasteiger partial charge in [-0.2, -0.15) is 0 Å². The summed E-state index contributed by atoms with van der Waals surface area (Å²) in [5, 5.41) is 11.7. The van der Waals surface area contributed by atoms with Crippen LogP contribution in [0.4, 0.5) is 0 Å². The summed E-state index contributed by atoms with van der Waals surface area (Å²) >= 11 is 0. The molecule has 1 aliphatic rings. The van der Waals surface area contributed by atoms with Crippen molar-refractivity contribution in [2.75, 3.05) is 19.8 Å². The maximum Gasteiger partial charge on any atom is 0.332 e. The van der Waals surface area contributed by atoms with Gasteiger partial charge in [0.05, 0.1) is 19.8 Å². The summed E-state index contributed by atoms with van der Waals surface area (Å²) in [5.74, 6) is -1.30. The Labute approximate surface area is 147 Å². The molecular formula is C18H25NO6. The first-order valence-corrected chi connectivity index (χ1v) is 8.49. The van der Waals surface area contributed by atoms with Gasteiger partial charge in [0.1, 0.15) is 6.10 Å². The summed E-state index contributed by atoms with van der Waals surface area (Å²) in [6, 6.07) is 7.76. The van der Waals surface area contributed by atoms with Crippen LogP contribution in [0.3, 0.4) is 0 Å². The number of benzene rings is 1. The molecule has 138 valence electrons. The van der Waals surface area contributed by atoms with Crippen LogP contribution in [0.15, 0.2) is 24.3 Å². The average Bonchev–Trinajstić information content (AvgIpc) is 3.10. The zero-order valence-electron chi connectivity index (χ0n) is 14.4. The Balaban J connectivity index is 1.74. The topological polar surface area (TPSA) is 94.1 Å². The van der Waals surface area contributed by atoms with Crippen LogP contribution in [0.1, 0.15) is 30.9 Å². The molecule has 7 heteroatoms. The number of rotatable bonds is 10. The monoisotopic (exact) mass is 351 g/mol. The van der Waals surface area contributed by atoms with Crippen molar-refractivity contribution in [3.05, 3.63) is 35.4 Å². The van der Waals surface area contributed by atoms with E-state index in [0.717, 1.165) is 11.1 Å². The van der Waals surface area contributed by atoms with Crippen LogP contribution in [0, 0.1) is 0 Å². The maximum absolute atomic E-state index is 12.1. The second-order valence-electron chi connectivity index (χ2n) is 5.82. The molecule has 2 N–H and O–H groups in total. The molecule has 2 rings (SSSR count). The van der Waals surface area contributed by atoms with E-state index in [1.54, 1.807) is 0 Å². The van der Waals surface area contributed by atoms with E-state index in [1.165, 1.54) is 0 Å². The zero-order chi connectivity index (χ0) is 18.1. The largest absolute Gasteiger partial charge is 0.479 e. The fraction of sp³-hybridized carbons (Fsp3) is 0.556. The number of amides is 1. The molecule has 7 nitrogen and oxygen atoms in total. The summed E-state index contributed by atoms with van der Waals surface area (Å²) in [6.45, 7) is 4.58. The lowest BCUT2D eigenvalue weighted by Crippen LogP contribution is -2.35. The molecule has 1 aliphatic heterocycles. The number of hydrogen-bond donors (Lipinski definition) is 2. The fourth-order valence-electron chi connectivity index (χ4n) is 2.60. The number of aliphatic carboxylic acids is 1. The van der Waals surface area contributed by atoms with Crippen molar-refractivity contribution >= 4 is 11.9 Å². The van der Waals surface area contributed by atoms with E-state index in [4.69, 9.17) is 19.3 Å². The van der Waals surface area contributed by atoms with Gasteiger partial charge in [-0.1, -0.05) is 24.3 Å². The molecule has 0 saturated carbocycles. The van der Waals surface area contributed by atoms with Crippen molar-refractivity contribution in [3.8, 4) is 0 Å². The highest BCUT2D eigenvalue weighted by Crippen LogP contribution is 2.20. The number of carboxylic acids is 1. The molecule has 1 saturated heterocycles. The van der Waals surface area contributed by atoms with E-state index < -0.39 is 18.2 Å². The number of carboxylic acid groups (broad SMARTS) is 1. The van der Waals surface area contributed by atoms with Gasteiger partial charge in [-0.25, -0.2) is 4.79 Å². The van der Waals surface area contributed by atoms with Crippen molar-refractivity contribution in [2.45, 2.75) is 45.1 Å². The zero-order valence-corrected chi connectivity index (χ0v) is 14.4. The van der Waals surface area contributed by atoms with Gasteiger partial charge in [0, 0.05) is 13.2 Å². The Kier molecular flexibility index (Phi) is 7.84. The van der Waals surface area contributed by atoms with Gasteiger partial charge in [-0.05, 0) is 30.9 Å². The summed E-state index contributed by atoms with van der Waals surface area (Å²) in [5.41, 5.74) is 1.97. The van der Waals surface area contributed by atoms with E-state index in [2.05, 4.69) is 5.32 Å². The third-order valence-electron chi connectivity index (χ3n) is 3.89. The molecule has 0 aliphatic carbocycles. The minimum atomic E-state index is -1.02. The quantitative estimate of drug-likeness (QED) is 0.620. The predicted molar refractivity (Wildman–Crippen MR) is 90.0 cm³/mol. The molecule has 1 aromatic rings. The highest BCUT2D eigenvalue weighted by atomic mass is 16.5. The smallest absolute Gasteiger partial charge is 0.332 e. The number of nitrogens with one attached hydrogen (secondary N) is 1. The molecule has 0 unspecified atom stereocenters. The highest BCUT2D eigenvalue weighted by molar-refractivity contribution is 5.82. The fourth-order valence-corrected chi connectivity index (χ4v) is 2.60. The molecule has 0 spiro atoms. The van der Waals surface area contributed by atoms with Crippen LogP contribution < -0.4 is 5.32 Å². The third kappa shape index (κ3) is 6.45. The van der Waals surface area contributed by atoms with Gasteiger partial charge >= 0.3 is 5.97 Å². The lowest BCUT2D eigenvalue weighted by Gasteiger charge is -2.12. The minimum Gasteiger partial charge on any atom is -0.479 e. The summed E-state index contributed by atoms with van der Waals surface area (Å²) in [6.07, 6.45) is -0.780. The number of ether oxygens (including phenoxy) is 3. The van der Waals surface area contributed by atoms with Crippen LogP contribution in [0.25, 0.3) is 0 Å². The van der Waals surface area contributed by atoms with Crippen molar-refractivity contribution in [1.82, 2.24) is 5.32 Å². The van der Waals surface area contributed by atoms with Crippen molar-refractivity contribution in [1.29, 1.82) is 0 Å². The molecular weight excluding hydrogens is 326 g/mol. The second kappa shape index (κ2) is 10.1. The average molecular weight is 351 g/mol. The molecule has 0 aromatic heterocycles. The van der Waals surface area contributed by atoms with Crippen LogP contribution in [-0.2, 0) is 37.0 Å². The van der Waals surface area contributed by atoms with E-state index in [9.17, 15) is 9.59 Å². The van der Waals surface area contributed by atoms with Crippen LogP contribution in [0.2, 0.25) is 0 Å². The van der Waals surface area contributed by atoms with Gasteiger partial charge in [-0.3, -0.25) is 4.79 Å². The Morgan fingerprint density at radius 3 is 2.64 bits per heavy atom. The highest BCUT2D eigenvalue weighted by Gasteiger charge is 2.34. The van der Waals surface area contributed by atoms with Crippen molar-refractivity contribution in [2.24, 2.45) is 0 Å². The Hall–Kier alpha value is -1.96. The Bertz CT molecular complexity index is 576. The molecule has 1 heterocycles. The molecule has 25 heavy (non-hydrogen) atoms. The summed E-state index contributed by atoms with van der Waals surface area (Å²) < 4.78 is 16.0. The number of carbonyl (C=O) groups excluding carboxylic acids is 1. The molecule has 1 fully saturated rings. The van der Waals surface area contributed by atoms with Gasteiger partial charge in [0.15, 0.2) is 6.10 Å². The van der Waals surface area contributed by atoms with E-state index in [0.29, 0.717) is 45.8 Å². The van der Waals surface area contributed by atoms with E-state index in [1.807, 2.05) is 31.2 Å². The van der Waals surface area contributed by atoms with Gasteiger partial charge in [0.2, 0.25) is 5.91 Å². The van der Waals surface area contributed by atoms with Crippen LogP contribution in [-0.4, -0.2) is 49.0 Å². The van der Waals surface area contributed by atoms with Crippen molar-refractivity contribution in [3.63, 3.8) is 0 Å². The Morgan fingerprint density at radius 1 is 1.20 bits per heavy atom. The molecule has 0 bridgehead atoms. The van der Waals surface area contributed by atoms with Crippen molar-refractivity contribution < 1.29 is 28.9 Å². The Morgan fingerprint density at radius 2 is 1.92 bits per heavy atom. The third-order valence-corrected chi connectivity index (χ3v) is 3.89. The number of carbonyl (C=O) groups is 2. The standard InChI is InChI=1S/C18H25NO6/c1-2-23-8-9-24-12-14-5-3-4-13(10-14)11-19-17(20)15-6-7-16(25-15)18(21)22/h3-5,10,15-16H,2,6-9,11-12H2,1H3,(H,19,20)(H,21,22)/t15-,16+/m0/s1. The molecule has 2 atom stereocenters. The van der Waals surface area contributed by atoms with Gasteiger partial charge < -0.3 is 24.6 Å². The number of hydrogen-bond acceptors (Lipinski definition) is 5. The van der Waals surface area contributed by atoms with Crippen LogP contribution >= 0.6 is 0 Å². The minimum absolute atomic E-state index is 0.276. The predicted octanol–water partition coefficient (Wildman–Crippen LogP) is 1.49. The van der Waals surface area contributed by atoms with Gasteiger partial charge in [-0.15, -0.1) is 0 Å². The van der Waals surface area contributed by atoms with E-state index >= 15 is 0 Å². The van der Waals surface area contributed by atoms with Gasteiger partial charge in [0.25, 0.3) is 0 Å². The lowest BCUT2D eigenvalue weighted by atomic mass is 10.1. The molecule has 1 aromatic carbocycles. The lowest BCUT2D eigenvalue weighted by molar-refractivity contribution is -0.151. The summed E-state index contributed by atoms with van der Waals surface area (Å²) in [7, 11) is 0. The molecule has 1 amide bonds. The van der Waals surface area contributed by atoms with Crippen LogP contribution in [0.5, 0.6) is 0 Å². The first-order chi connectivity index (χ1) is 12.1. The second-order valence-corrected chi connectivity index (χ2v) is 5.82. The van der Waals surface area contributed by atoms with E-state index in [-0.39, 0.29) is 5.91 Å². The SMILES string of the molecule is CCOCCOCc1cccc(CNC(=O)[C@@H]2CC[C@H](C(=O)O)O2)c1. The molecule has 0 radical (unpaired) electrons.